The molecule has 1 amide bonds. The van der Waals surface area contributed by atoms with Gasteiger partial charge in [-0.25, -0.2) is 4.98 Å². The number of nitrogens with zero attached hydrogens (tertiary/aromatic N) is 3. The molecular weight excluding hydrogens is 398 g/mol. The molecule has 3 aromatic carbocycles. The summed E-state index contributed by atoms with van der Waals surface area (Å²) in [4.78, 5) is 33.7. The third-order valence-corrected chi connectivity index (χ3v) is 5.68. The highest BCUT2D eigenvalue weighted by Gasteiger charge is 2.27. The first-order chi connectivity index (χ1) is 15.5. The van der Waals surface area contributed by atoms with Crippen molar-refractivity contribution in [3.05, 3.63) is 106 Å². The van der Waals surface area contributed by atoms with Crippen molar-refractivity contribution < 1.29 is 4.79 Å². The molecule has 4 aromatic rings. The van der Waals surface area contributed by atoms with Crippen molar-refractivity contribution in [3.8, 4) is 5.69 Å². The molecule has 162 valence electrons. The quantitative estimate of drug-likeness (QED) is 0.421. The first-order valence-electron chi connectivity index (χ1n) is 11.0. The van der Waals surface area contributed by atoms with Crippen molar-refractivity contribution in [2.45, 2.75) is 33.2 Å². The van der Waals surface area contributed by atoms with E-state index < -0.39 is 6.04 Å². The zero-order valence-electron chi connectivity index (χ0n) is 18.7. The van der Waals surface area contributed by atoms with Crippen LogP contribution >= 0.6 is 0 Å². The maximum absolute atomic E-state index is 13.5. The fourth-order valence-corrected chi connectivity index (χ4v) is 3.97. The monoisotopic (exact) mass is 425 g/mol. The van der Waals surface area contributed by atoms with Gasteiger partial charge in [-0.2, -0.15) is 0 Å². The third kappa shape index (κ3) is 4.06. The van der Waals surface area contributed by atoms with Crippen LogP contribution in [0.5, 0.6) is 0 Å². The fourth-order valence-electron chi connectivity index (χ4n) is 3.97. The second-order valence-corrected chi connectivity index (χ2v) is 8.00. The summed E-state index contributed by atoms with van der Waals surface area (Å²) < 4.78 is 1.64. The average molecular weight is 426 g/mol. The lowest BCUT2D eigenvalue weighted by atomic mass is 10.1. The van der Waals surface area contributed by atoms with Crippen LogP contribution in [-0.2, 0) is 0 Å². The second-order valence-electron chi connectivity index (χ2n) is 8.00. The van der Waals surface area contributed by atoms with Gasteiger partial charge in [0.1, 0.15) is 5.82 Å². The third-order valence-electron chi connectivity index (χ3n) is 5.68. The minimum atomic E-state index is -0.402. The first kappa shape index (κ1) is 21.5. The molecule has 4 rings (SSSR count). The Hall–Kier alpha value is -3.73. The summed E-state index contributed by atoms with van der Waals surface area (Å²) in [6.45, 7) is 6.54. The van der Waals surface area contributed by atoms with Gasteiger partial charge in [0.15, 0.2) is 0 Å². The van der Waals surface area contributed by atoms with Gasteiger partial charge >= 0.3 is 0 Å². The van der Waals surface area contributed by atoms with E-state index in [2.05, 4.69) is 0 Å². The summed E-state index contributed by atoms with van der Waals surface area (Å²) >= 11 is 0. The maximum atomic E-state index is 13.5. The number of benzene rings is 3. The summed E-state index contributed by atoms with van der Waals surface area (Å²) in [5, 5.41) is 0.555. The zero-order chi connectivity index (χ0) is 22.7. The Labute approximate surface area is 188 Å². The van der Waals surface area contributed by atoms with Gasteiger partial charge in [-0.1, -0.05) is 55.0 Å². The Kier molecular flexibility index (Phi) is 6.17. The number of amides is 1. The topological polar surface area (TPSA) is 55.2 Å². The van der Waals surface area contributed by atoms with Crippen LogP contribution in [-0.4, -0.2) is 26.9 Å². The van der Waals surface area contributed by atoms with E-state index in [4.69, 9.17) is 4.98 Å². The van der Waals surface area contributed by atoms with Gasteiger partial charge in [0.25, 0.3) is 11.5 Å². The molecule has 0 N–H and O–H groups in total. The molecule has 0 aliphatic rings. The number of aryl methyl sites for hydroxylation is 1. The second kappa shape index (κ2) is 9.18. The molecule has 0 fully saturated rings. The van der Waals surface area contributed by atoms with Crippen LogP contribution in [0.1, 0.15) is 48.1 Å². The molecule has 5 heteroatoms. The van der Waals surface area contributed by atoms with Crippen LogP contribution in [0.4, 0.5) is 0 Å². The SMILES string of the molecule is CCCN(C(=O)c1ccc(C)cc1)C(C)c1nc2ccccc2c(=O)n1-c1ccccc1. The van der Waals surface area contributed by atoms with E-state index >= 15 is 0 Å². The summed E-state index contributed by atoms with van der Waals surface area (Å²) in [6.07, 6.45) is 0.797. The smallest absolute Gasteiger partial charge is 0.266 e. The number of hydrogen-bond donors (Lipinski definition) is 0. The summed E-state index contributed by atoms with van der Waals surface area (Å²) in [6, 6.07) is 24.0. The Morgan fingerprint density at radius 3 is 2.31 bits per heavy atom. The van der Waals surface area contributed by atoms with Gasteiger partial charge in [-0.3, -0.25) is 14.2 Å². The minimum absolute atomic E-state index is 0.0682. The number of carbonyl (C=O) groups is 1. The van der Waals surface area contributed by atoms with Gasteiger partial charge in [-0.05, 0) is 56.7 Å². The van der Waals surface area contributed by atoms with E-state index in [1.165, 1.54) is 0 Å². The molecule has 0 aliphatic carbocycles. The highest BCUT2D eigenvalue weighted by atomic mass is 16.2. The van der Waals surface area contributed by atoms with Gasteiger partial charge in [0.05, 0.1) is 22.6 Å². The summed E-state index contributed by atoms with van der Waals surface area (Å²) in [5.74, 6) is 0.482. The van der Waals surface area contributed by atoms with Gasteiger partial charge in [0.2, 0.25) is 0 Å². The van der Waals surface area contributed by atoms with Crippen LogP contribution in [0.3, 0.4) is 0 Å². The van der Waals surface area contributed by atoms with Crippen LogP contribution in [0, 0.1) is 6.92 Å². The van der Waals surface area contributed by atoms with Crippen molar-refractivity contribution in [1.29, 1.82) is 0 Å². The van der Waals surface area contributed by atoms with Gasteiger partial charge in [-0.15, -0.1) is 0 Å². The zero-order valence-corrected chi connectivity index (χ0v) is 18.7. The maximum Gasteiger partial charge on any atom is 0.266 e. The van der Waals surface area contributed by atoms with Crippen molar-refractivity contribution >= 4 is 16.8 Å². The van der Waals surface area contributed by atoms with Crippen molar-refractivity contribution in [1.82, 2.24) is 14.5 Å². The molecule has 0 saturated carbocycles. The van der Waals surface area contributed by atoms with Crippen LogP contribution in [0.2, 0.25) is 0 Å². The Morgan fingerprint density at radius 1 is 0.969 bits per heavy atom. The number of para-hydroxylation sites is 2. The highest BCUT2D eigenvalue weighted by molar-refractivity contribution is 5.94. The normalized spacial score (nSPS) is 12.0. The Morgan fingerprint density at radius 2 is 1.62 bits per heavy atom. The molecule has 1 unspecified atom stereocenters. The lowest BCUT2D eigenvalue weighted by molar-refractivity contribution is 0.0681. The molecule has 0 aliphatic heterocycles. The van der Waals surface area contributed by atoms with Crippen molar-refractivity contribution in [2.24, 2.45) is 0 Å². The highest BCUT2D eigenvalue weighted by Crippen LogP contribution is 2.25. The summed E-state index contributed by atoms with van der Waals surface area (Å²) in [7, 11) is 0. The standard InChI is InChI=1S/C27H27N3O2/c1-4-18-29(26(31)21-16-14-19(2)15-17-21)20(3)25-28-24-13-9-8-12-23(24)27(32)30(25)22-10-6-5-7-11-22/h5-17,20H,4,18H2,1-3H3. The molecule has 5 nitrogen and oxygen atoms in total. The molecule has 1 heterocycles. The largest absolute Gasteiger partial charge is 0.329 e. The lowest BCUT2D eigenvalue weighted by Crippen LogP contribution is -2.38. The van der Waals surface area contributed by atoms with E-state index in [9.17, 15) is 9.59 Å². The van der Waals surface area contributed by atoms with E-state index in [0.717, 1.165) is 17.7 Å². The predicted molar refractivity (Wildman–Crippen MR) is 128 cm³/mol. The first-order valence-corrected chi connectivity index (χ1v) is 11.0. The molecule has 0 bridgehead atoms. The van der Waals surface area contributed by atoms with Gasteiger partial charge < -0.3 is 4.90 Å². The van der Waals surface area contributed by atoms with Crippen LogP contribution < -0.4 is 5.56 Å². The number of aromatic nitrogens is 2. The van der Waals surface area contributed by atoms with Crippen molar-refractivity contribution in [3.63, 3.8) is 0 Å². The lowest BCUT2D eigenvalue weighted by Gasteiger charge is -2.30. The number of carbonyl (C=O) groups excluding carboxylic acids is 1. The van der Waals surface area contributed by atoms with E-state index in [0.29, 0.717) is 28.8 Å². The van der Waals surface area contributed by atoms with E-state index in [-0.39, 0.29) is 11.5 Å². The minimum Gasteiger partial charge on any atom is -0.329 e. The predicted octanol–water partition coefficient (Wildman–Crippen LogP) is 5.31. The number of rotatable bonds is 6. The van der Waals surface area contributed by atoms with E-state index in [1.54, 1.807) is 15.5 Å². The molecule has 0 spiro atoms. The van der Waals surface area contributed by atoms with E-state index in [1.807, 2.05) is 93.6 Å². The Balaban J connectivity index is 1.89. The van der Waals surface area contributed by atoms with Crippen LogP contribution in [0.25, 0.3) is 16.6 Å². The van der Waals surface area contributed by atoms with Crippen LogP contribution in [0.15, 0.2) is 83.7 Å². The molecule has 0 saturated heterocycles. The average Bonchev–Trinajstić information content (AvgIpc) is 2.82. The number of hydrogen-bond acceptors (Lipinski definition) is 3. The van der Waals surface area contributed by atoms with Crippen molar-refractivity contribution in [2.75, 3.05) is 6.54 Å². The number of fused-ring (bicyclic) bond motifs is 1. The molecule has 1 atom stereocenters. The van der Waals surface area contributed by atoms with Gasteiger partial charge in [0, 0.05) is 12.1 Å². The molecule has 32 heavy (non-hydrogen) atoms. The molecule has 1 aromatic heterocycles. The fraction of sp³-hybridized carbons (Fsp3) is 0.222. The summed E-state index contributed by atoms with van der Waals surface area (Å²) in [5.41, 5.74) is 2.96. The Bertz CT molecular complexity index is 1290. The molecule has 0 radical (unpaired) electrons. The molecular formula is C27H27N3O2.